The highest BCUT2D eigenvalue weighted by Gasteiger charge is 2.17. The van der Waals surface area contributed by atoms with E-state index in [-0.39, 0.29) is 35.2 Å². The molecule has 0 aliphatic rings. The monoisotopic (exact) mass is 243 g/mol. The molecule has 3 N–H and O–H groups in total. The minimum atomic E-state index is -0.587. The van der Waals surface area contributed by atoms with E-state index < -0.39 is 4.92 Å². The fourth-order valence-electron chi connectivity index (χ4n) is 1.13. The first-order chi connectivity index (χ1) is 7.60. The van der Waals surface area contributed by atoms with Crippen LogP contribution in [-0.4, -0.2) is 23.6 Å². The van der Waals surface area contributed by atoms with Crippen LogP contribution in [0.2, 0.25) is 0 Å². The Labute approximate surface area is 96.6 Å². The SMILES string of the molecule is N=Cc1cc([N+](=O)[O-])c(OCCCl)cc1N. The highest BCUT2D eigenvalue weighted by atomic mass is 35.5. The highest BCUT2D eigenvalue weighted by molar-refractivity contribution is 6.18. The van der Waals surface area contributed by atoms with Crippen LogP contribution in [0.5, 0.6) is 5.75 Å². The topological polar surface area (TPSA) is 102 Å². The smallest absolute Gasteiger partial charge is 0.311 e. The Morgan fingerprint density at radius 2 is 2.31 bits per heavy atom. The van der Waals surface area contributed by atoms with Crippen molar-refractivity contribution in [2.75, 3.05) is 18.2 Å². The minimum absolute atomic E-state index is 0.0637. The third-order valence-electron chi connectivity index (χ3n) is 1.85. The van der Waals surface area contributed by atoms with Gasteiger partial charge in [0.05, 0.1) is 10.8 Å². The third kappa shape index (κ3) is 2.60. The van der Waals surface area contributed by atoms with Crippen LogP contribution in [0.3, 0.4) is 0 Å². The molecule has 6 nitrogen and oxygen atoms in total. The molecule has 0 heterocycles. The summed E-state index contributed by atoms with van der Waals surface area (Å²) in [7, 11) is 0. The number of alkyl halides is 1. The predicted molar refractivity (Wildman–Crippen MR) is 61.6 cm³/mol. The predicted octanol–water partition coefficient (Wildman–Crippen LogP) is 1.79. The summed E-state index contributed by atoms with van der Waals surface area (Å²) in [6.07, 6.45) is 0.952. The number of anilines is 1. The molecule has 7 heteroatoms. The van der Waals surface area contributed by atoms with E-state index in [1.54, 1.807) is 0 Å². The lowest BCUT2D eigenvalue weighted by Gasteiger charge is -2.07. The Bertz CT molecular complexity index is 423. The first-order valence-corrected chi connectivity index (χ1v) is 4.90. The molecule has 1 aromatic rings. The summed E-state index contributed by atoms with van der Waals surface area (Å²) < 4.78 is 5.10. The number of nitrogens with two attached hydrogens (primary N) is 1. The van der Waals surface area contributed by atoms with Crippen LogP contribution >= 0.6 is 11.6 Å². The lowest BCUT2D eigenvalue weighted by molar-refractivity contribution is -0.385. The maximum atomic E-state index is 10.7. The van der Waals surface area contributed by atoms with Crippen LogP contribution in [0.1, 0.15) is 5.56 Å². The summed E-state index contributed by atoms with van der Waals surface area (Å²) in [5.74, 6) is 0.289. The van der Waals surface area contributed by atoms with Crippen LogP contribution in [0, 0.1) is 15.5 Å². The fraction of sp³-hybridized carbons (Fsp3) is 0.222. The van der Waals surface area contributed by atoms with Gasteiger partial charge in [0, 0.05) is 29.6 Å². The zero-order chi connectivity index (χ0) is 12.1. The summed E-state index contributed by atoms with van der Waals surface area (Å²) >= 11 is 5.42. The number of rotatable bonds is 5. The van der Waals surface area contributed by atoms with Crippen LogP contribution < -0.4 is 10.5 Å². The molecule has 0 aromatic heterocycles. The maximum absolute atomic E-state index is 10.7. The zero-order valence-electron chi connectivity index (χ0n) is 8.27. The van der Waals surface area contributed by atoms with Crippen molar-refractivity contribution in [3.05, 3.63) is 27.8 Å². The van der Waals surface area contributed by atoms with E-state index in [4.69, 9.17) is 27.5 Å². The van der Waals surface area contributed by atoms with Gasteiger partial charge < -0.3 is 15.9 Å². The summed E-state index contributed by atoms with van der Waals surface area (Å²) in [6.45, 7) is 0.159. The summed E-state index contributed by atoms with van der Waals surface area (Å²) in [5.41, 5.74) is 5.90. The van der Waals surface area contributed by atoms with Crippen LogP contribution in [0.25, 0.3) is 0 Å². The molecule has 0 amide bonds. The van der Waals surface area contributed by atoms with Crippen molar-refractivity contribution in [2.45, 2.75) is 0 Å². The molecule has 1 rings (SSSR count). The van der Waals surface area contributed by atoms with Crippen molar-refractivity contribution in [3.8, 4) is 5.75 Å². The second-order valence-electron chi connectivity index (χ2n) is 2.89. The van der Waals surface area contributed by atoms with E-state index in [0.29, 0.717) is 0 Å². The average molecular weight is 244 g/mol. The van der Waals surface area contributed by atoms with E-state index in [1.165, 1.54) is 12.1 Å². The molecule has 0 unspecified atom stereocenters. The van der Waals surface area contributed by atoms with Gasteiger partial charge >= 0.3 is 5.69 Å². The highest BCUT2D eigenvalue weighted by Crippen LogP contribution is 2.31. The number of nitrogens with zero attached hydrogens (tertiary/aromatic N) is 1. The molecule has 1 aromatic carbocycles. The number of ether oxygens (including phenoxy) is 1. The van der Waals surface area contributed by atoms with Gasteiger partial charge in [-0.25, -0.2) is 0 Å². The van der Waals surface area contributed by atoms with Crippen LogP contribution in [-0.2, 0) is 0 Å². The largest absolute Gasteiger partial charge is 0.485 e. The van der Waals surface area contributed by atoms with Gasteiger partial charge in [0.25, 0.3) is 0 Å². The number of benzene rings is 1. The van der Waals surface area contributed by atoms with Gasteiger partial charge in [0.1, 0.15) is 6.61 Å². The number of hydrogen-bond acceptors (Lipinski definition) is 5. The molecule has 0 bridgehead atoms. The van der Waals surface area contributed by atoms with Crippen molar-refractivity contribution in [1.82, 2.24) is 0 Å². The Morgan fingerprint density at radius 1 is 1.62 bits per heavy atom. The fourth-order valence-corrected chi connectivity index (χ4v) is 1.21. The molecule has 0 aliphatic carbocycles. The second-order valence-corrected chi connectivity index (χ2v) is 3.27. The molecule has 0 aliphatic heterocycles. The summed E-state index contributed by atoms with van der Waals surface area (Å²) in [5, 5.41) is 17.8. The van der Waals surface area contributed by atoms with Crippen molar-refractivity contribution in [2.24, 2.45) is 0 Å². The molecule has 0 saturated carbocycles. The van der Waals surface area contributed by atoms with Gasteiger partial charge in [0.2, 0.25) is 0 Å². The standard InChI is InChI=1S/C9H10ClN3O3/c10-1-2-16-9-4-7(12)6(5-11)3-8(9)13(14)15/h3-5,11H,1-2,12H2. The van der Waals surface area contributed by atoms with Gasteiger partial charge in [-0.3, -0.25) is 10.1 Å². The number of halogens is 1. The normalized spacial score (nSPS) is 9.81. The van der Waals surface area contributed by atoms with Crippen molar-refractivity contribution >= 4 is 29.2 Å². The lowest BCUT2D eigenvalue weighted by atomic mass is 10.1. The molecule has 0 radical (unpaired) electrons. The maximum Gasteiger partial charge on any atom is 0.311 e. The van der Waals surface area contributed by atoms with Crippen LogP contribution in [0.4, 0.5) is 11.4 Å². The molecule has 16 heavy (non-hydrogen) atoms. The molecule has 86 valence electrons. The van der Waals surface area contributed by atoms with E-state index in [2.05, 4.69) is 0 Å². The Morgan fingerprint density at radius 3 is 2.81 bits per heavy atom. The Hall–Kier alpha value is -1.82. The number of nitrogens with one attached hydrogen (secondary N) is 1. The van der Waals surface area contributed by atoms with E-state index >= 15 is 0 Å². The molecule has 0 atom stereocenters. The Kier molecular flexibility index (Phi) is 4.07. The first kappa shape index (κ1) is 12.3. The van der Waals surface area contributed by atoms with E-state index in [9.17, 15) is 10.1 Å². The van der Waals surface area contributed by atoms with Crippen molar-refractivity contribution in [3.63, 3.8) is 0 Å². The summed E-state index contributed by atoms with van der Waals surface area (Å²) in [6, 6.07) is 2.52. The quantitative estimate of drug-likeness (QED) is 0.271. The molecule has 0 spiro atoms. The van der Waals surface area contributed by atoms with Crippen molar-refractivity contribution < 1.29 is 9.66 Å². The van der Waals surface area contributed by atoms with Gasteiger partial charge in [-0.2, -0.15) is 0 Å². The third-order valence-corrected chi connectivity index (χ3v) is 2.01. The number of nitro benzene ring substituents is 1. The number of nitro groups is 1. The first-order valence-electron chi connectivity index (χ1n) is 4.37. The molecule has 0 saturated heterocycles. The van der Waals surface area contributed by atoms with Crippen LogP contribution in [0.15, 0.2) is 12.1 Å². The van der Waals surface area contributed by atoms with Crippen molar-refractivity contribution in [1.29, 1.82) is 5.41 Å². The molecular formula is C9H10ClN3O3. The number of nitrogen functional groups attached to an aromatic ring is 1. The minimum Gasteiger partial charge on any atom is -0.485 e. The molecule has 0 fully saturated rings. The lowest BCUT2D eigenvalue weighted by Crippen LogP contribution is -2.04. The average Bonchev–Trinajstić information content (AvgIpc) is 2.25. The van der Waals surface area contributed by atoms with E-state index in [1.807, 2.05) is 0 Å². The van der Waals surface area contributed by atoms with Gasteiger partial charge in [-0.1, -0.05) is 0 Å². The molecular weight excluding hydrogens is 234 g/mol. The number of hydrogen-bond donors (Lipinski definition) is 2. The summed E-state index contributed by atoms with van der Waals surface area (Å²) in [4.78, 5) is 10.2. The van der Waals surface area contributed by atoms with Gasteiger partial charge in [-0.05, 0) is 0 Å². The zero-order valence-corrected chi connectivity index (χ0v) is 9.03. The van der Waals surface area contributed by atoms with Gasteiger partial charge in [-0.15, -0.1) is 11.6 Å². The van der Waals surface area contributed by atoms with E-state index in [0.717, 1.165) is 6.21 Å². The second kappa shape index (κ2) is 5.32. The van der Waals surface area contributed by atoms with Gasteiger partial charge in [0.15, 0.2) is 5.75 Å². The Balaban J connectivity index is 3.19.